The van der Waals surface area contributed by atoms with Crippen LogP contribution < -0.4 is 16.4 Å². The first kappa shape index (κ1) is 20.1. The minimum absolute atomic E-state index is 0.0393. The molecule has 154 valence electrons. The van der Waals surface area contributed by atoms with E-state index in [9.17, 15) is 9.59 Å². The van der Waals surface area contributed by atoms with E-state index in [4.69, 9.17) is 17.3 Å². The number of carbonyl (C=O) groups excluding carboxylic acids is 2. The van der Waals surface area contributed by atoms with Gasteiger partial charge in [0.25, 0.3) is 0 Å². The average molecular weight is 424 g/mol. The first-order valence-electron chi connectivity index (χ1n) is 9.84. The fourth-order valence-corrected chi connectivity index (χ4v) is 3.80. The fraction of sp³-hybridized carbons (Fsp3) is 0.273. The second-order valence-electron chi connectivity index (χ2n) is 7.41. The number of benzene rings is 1. The lowest BCUT2D eigenvalue weighted by molar-refractivity contribution is -0.119. The van der Waals surface area contributed by atoms with Gasteiger partial charge in [0.15, 0.2) is 5.78 Å². The Morgan fingerprint density at radius 2 is 2.13 bits per heavy atom. The minimum Gasteiger partial charge on any atom is -0.383 e. The Labute approximate surface area is 179 Å². The number of nitrogen functional groups attached to an aromatic ring is 1. The number of Topliss-reactive ketones (excluding diaryl/α,β-unsaturated/α-hetero) is 1. The van der Waals surface area contributed by atoms with Crippen LogP contribution in [0, 0.1) is 0 Å². The molecule has 0 aliphatic carbocycles. The third kappa shape index (κ3) is 4.52. The van der Waals surface area contributed by atoms with Crippen LogP contribution in [-0.2, 0) is 11.2 Å². The lowest BCUT2D eigenvalue weighted by atomic mass is 10.0. The van der Waals surface area contributed by atoms with Gasteiger partial charge in [-0.1, -0.05) is 29.8 Å². The summed E-state index contributed by atoms with van der Waals surface area (Å²) in [5.74, 6) is 0.990. The number of aryl methyl sites for hydroxylation is 1. The van der Waals surface area contributed by atoms with Crippen LogP contribution in [0.15, 0.2) is 42.7 Å². The van der Waals surface area contributed by atoms with Crippen LogP contribution >= 0.6 is 11.6 Å². The van der Waals surface area contributed by atoms with Gasteiger partial charge in [-0.2, -0.15) is 0 Å². The first-order valence-corrected chi connectivity index (χ1v) is 10.2. The Kier molecular flexibility index (Phi) is 5.81. The van der Waals surface area contributed by atoms with E-state index >= 15 is 0 Å². The number of amides is 1. The number of fused-ring (bicyclic) bond motifs is 1. The number of nitrogens with one attached hydrogen (secondary N) is 2. The van der Waals surface area contributed by atoms with Crippen LogP contribution in [0.1, 0.15) is 35.2 Å². The van der Waals surface area contributed by atoms with Gasteiger partial charge in [-0.25, -0.2) is 9.97 Å². The van der Waals surface area contributed by atoms with Crippen molar-refractivity contribution in [2.45, 2.75) is 31.7 Å². The van der Waals surface area contributed by atoms with E-state index in [1.54, 1.807) is 12.3 Å². The minimum atomic E-state index is -0.0442. The zero-order valence-corrected chi connectivity index (χ0v) is 17.1. The summed E-state index contributed by atoms with van der Waals surface area (Å²) in [5.41, 5.74) is 7.40. The smallest absolute Gasteiger partial charge is 0.220 e. The molecule has 1 aliphatic rings. The van der Waals surface area contributed by atoms with Gasteiger partial charge in [-0.05, 0) is 35.9 Å². The normalized spacial score (nSPS) is 15.9. The van der Waals surface area contributed by atoms with Crippen LogP contribution in [0.3, 0.4) is 0 Å². The van der Waals surface area contributed by atoms with Gasteiger partial charge >= 0.3 is 0 Å². The molecule has 4 rings (SSSR count). The molecule has 7 nitrogen and oxygen atoms in total. The van der Waals surface area contributed by atoms with Crippen molar-refractivity contribution in [3.63, 3.8) is 0 Å². The van der Waals surface area contributed by atoms with Gasteiger partial charge in [0.2, 0.25) is 5.91 Å². The van der Waals surface area contributed by atoms with E-state index in [1.807, 2.05) is 24.3 Å². The zero-order chi connectivity index (χ0) is 21.1. The number of carbonyl (C=O) groups is 2. The standard InChI is InChI=1S/C22H22ClN5O2/c23-15-10-18(22(26-11-15)27-12-16-3-6-20(30)28-16)19(29)5-2-13-1-4-17-14(9-13)7-8-25-21(17)24/h1,4,7-11,16H,2-3,5-6,12H2,(H2,24,25)(H,26,27)(H,28,30)/t16-/m1/s1. The lowest BCUT2D eigenvalue weighted by Crippen LogP contribution is -2.32. The molecule has 1 fully saturated rings. The zero-order valence-electron chi connectivity index (χ0n) is 16.3. The summed E-state index contributed by atoms with van der Waals surface area (Å²) >= 11 is 6.09. The third-order valence-corrected chi connectivity index (χ3v) is 5.46. The first-order chi connectivity index (χ1) is 14.5. The summed E-state index contributed by atoms with van der Waals surface area (Å²) < 4.78 is 0. The van der Waals surface area contributed by atoms with E-state index in [2.05, 4.69) is 20.6 Å². The number of hydrogen-bond acceptors (Lipinski definition) is 6. The monoisotopic (exact) mass is 423 g/mol. The molecule has 30 heavy (non-hydrogen) atoms. The molecular formula is C22H22ClN5O2. The van der Waals surface area contributed by atoms with Crippen molar-refractivity contribution in [2.24, 2.45) is 0 Å². The Hall–Kier alpha value is -3.19. The second kappa shape index (κ2) is 8.67. The molecule has 3 heterocycles. The van der Waals surface area contributed by atoms with Crippen molar-refractivity contribution >= 4 is 45.7 Å². The molecule has 0 bridgehead atoms. The molecule has 3 aromatic rings. The van der Waals surface area contributed by atoms with E-state index in [-0.39, 0.29) is 17.7 Å². The van der Waals surface area contributed by atoms with Gasteiger partial charge in [0, 0.05) is 43.2 Å². The van der Waals surface area contributed by atoms with Crippen molar-refractivity contribution in [1.29, 1.82) is 0 Å². The molecular weight excluding hydrogens is 402 g/mol. The number of hydrogen-bond donors (Lipinski definition) is 3. The van der Waals surface area contributed by atoms with Gasteiger partial charge < -0.3 is 16.4 Å². The Balaban J connectivity index is 1.45. The third-order valence-electron chi connectivity index (χ3n) is 5.26. The quantitative estimate of drug-likeness (QED) is 0.502. The molecule has 1 aliphatic heterocycles. The van der Waals surface area contributed by atoms with Gasteiger partial charge in [0.05, 0.1) is 10.6 Å². The molecule has 1 saturated heterocycles. The number of nitrogens with zero attached hydrogens (tertiary/aromatic N) is 2. The van der Waals surface area contributed by atoms with Gasteiger partial charge in [-0.3, -0.25) is 9.59 Å². The van der Waals surface area contributed by atoms with E-state index in [0.29, 0.717) is 48.0 Å². The Bertz CT molecular complexity index is 1120. The number of pyridine rings is 2. The summed E-state index contributed by atoms with van der Waals surface area (Å²) in [6, 6.07) is 9.50. The van der Waals surface area contributed by atoms with Crippen molar-refractivity contribution in [1.82, 2.24) is 15.3 Å². The van der Waals surface area contributed by atoms with Crippen LogP contribution in [0.25, 0.3) is 10.8 Å². The molecule has 0 radical (unpaired) electrons. The maximum Gasteiger partial charge on any atom is 0.220 e. The van der Waals surface area contributed by atoms with Crippen molar-refractivity contribution < 1.29 is 9.59 Å². The number of aromatic nitrogens is 2. The molecule has 1 amide bonds. The summed E-state index contributed by atoms with van der Waals surface area (Å²) in [7, 11) is 0. The Morgan fingerprint density at radius 3 is 2.93 bits per heavy atom. The highest BCUT2D eigenvalue weighted by atomic mass is 35.5. The predicted molar refractivity (Wildman–Crippen MR) is 118 cm³/mol. The van der Waals surface area contributed by atoms with Crippen LogP contribution in [-0.4, -0.2) is 34.2 Å². The largest absolute Gasteiger partial charge is 0.383 e. The molecule has 4 N–H and O–H groups in total. The number of rotatable bonds is 7. The highest BCUT2D eigenvalue weighted by Crippen LogP contribution is 2.23. The summed E-state index contributed by atoms with van der Waals surface area (Å²) in [4.78, 5) is 32.7. The van der Waals surface area contributed by atoms with Crippen molar-refractivity contribution in [3.05, 3.63) is 58.9 Å². The SMILES string of the molecule is Nc1nccc2cc(CCC(=O)c3cc(Cl)cnc3NC[C@H]3CCC(=O)N3)ccc12. The highest BCUT2D eigenvalue weighted by Gasteiger charge is 2.21. The lowest BCUT2D eigenvalue weighted by Gasteiger charge is -2.14. The van der Waals surface area contributed by atoms with Crippen LogP contribution in [0.2, 0.25) is 5.02 Å². The number of ketones is 1. The topological polar surface area (TPSA) is 110 Å². The van der Waals surface area contributed by atoms with Crippen LogP contribution in [0.4, 0.5) is 11.6 Å². The average Bonchev–Trinajstić information content (AvgIpc) is 3.16. The van der Waals surface area contributed by atoms with Gasteiger partial charge in [-0.15, -0.1) is 0 Å². The van der Waals surface area contributed by atoms with Crippen molar-refractivity contribution in [2.75, 3.05) is 17.6 Å². The second-order valence-corrected chi connectivity index (χ2v) is 7.85. The number of nitrogens with two attached hydrogens (primary N) is 1. The van der Waals surface area contributed by atoms with Crippen molar-refractivity contribution in [3.8, 4) is 0 Å². The summed E-state index contributed by atoms with van der Waals surface area (Å²) in [5, 5.41) is 8.39. The van der Waals surface area contributed by atoms with E-state index in [0.717, 1.165) is 22.8 Å². The fourth-order valence-electron chi connectivity index (χ4n) is 3.64. The number of halogens is 1. The molecule has 0 spiro atoms. The molecule has 2 aromatic heterocycles. The highest BCUT2D eigenvalue weighted by molar-refractivity contribution is 6.31. The molecule has 0 unspecified atom stereocenters. The molecule has 1 aromatic carbocycles. The van der Waals surface area contributed by atoms with E-state index < -0.39 is 0 Å². The maximum atomic E-state index is 12.9. The summed E-state index contributed by atoms with van der Waals surface area (Å²) in [6.45, 7) is 0.515. The summed E-state index contributed by atoms with van der Waals surface area (Å²) in [6.07, 6.45) is 5.39. The Morgan fingerprint density at radius 1 is 1.27 bits per heavy atom. The van der Waals surface area contributed by atoms with Crippen LogP contribution in [0.5, 0.6) is 0 Å². The van der Waals surface area contributed by atoms with E-state index in [1.165, 1.54) is 6.20 Å². The molecule has 1 atom stereocenters. The predicted octanol–water partition coefficient (Wildman–Crippen LogP) is 3.37. The molecule has 0 saturated carbocycles. The maximum absolute atomic E-state index is 12.9. The number of anilines is 2. The molecule has 8 heteroatoms. The van der Waals surface area contributed by atoms with Gasteiger partial charge in [0.1, 0.15) is 11.6 Å².